The number of nitrogens with two attached hydrogens (primary N) is 1. The van der Waals surface area contributed by atoms with Crippen LogP contribution < -0.4 is 11.1 Å². The van der Waals surface area contributed by atoms with Gasteiger partial charge in [0.15, 0.2) is 0 Å². The van der Waals surface area contributed by atoms with Crippen molar-refractivity contribution in [3.8, 4) is 0 Å². The minimum Gasteiger partial charge on any atom is -0.478 e. The van der Waals surface area contributed by atoms with E-state index in [1.54, 1.807) is 12.1 Å². The summed E-state index contributed by atoms with van der Waals surface area (Å²) >= 11 is 0. The fraction of sp³-hybridized carbons (Fsp3) is 0.562. The molecule has 0 radical (unpaired) electrons. The molecule has 4 nitrogen and oxygen atoms in total. The van der Waals surface area contributed by atoms with Crippen LogP contribution in [0.3, 0.4) is 0 Å². The van der Waals surface area contributed by atoms with Crippen LogP contribution >= 0.6 is 0 Å². The van der Waals surface area contributed by atoms with Crippen molar-refractivity contribution < 1.29 is 9.90 Å². The van der Waals surface area contributed by atoms with Gasteiger partial charge in [-0.2, -0.15) is 0 Å². The van der Waals surface area contributed by atoms with Crippen molar-refractivity contribution in [3.63, 3.8) is 0 Å². The molecule has 1 aromatic carbocycles. The van der Waals surface area contributed by atoms with Crippen LogP contribution in [-0.4, -0.2) is 17.1 Å². The fourth-order valence-electron chi connectivity index (χ4n) is 3.05. The predicted molar refractivity (Wildman–Crippen MR) is 82.1 cm³/mol. The quantitative estimate of drug-likeness (QED) is 0.716. The zero-order valence-corrected chi connectivity index (χ0v) is 12.1. The van der Waals surface area contributed by atoms with E-state index in [2.05, 4.69) is 12.2 Å². The van der Waals surface area contributed by atoms with E-state index in [1.807, 2.05) is 0 Å². The van der Waals surface area contributed by atoms with E-state index in [9.17, 15) is 4.79 Å². The first-order valence-electron chi connectivity index (χ1n) is 7.49. The summed E-state index contributed by atoms with van der Waals surface area (Å²) in [5.74, 6) is -0.0619. The molecule has 2 rings (SSSR count). The van der Waals surface area contributed by atoms with E-state index in [0.717, 1.165) is 11.6 Å². The van der Waals surface area contributed by atoms with Gasteiger partial charge in [0.05, 0.1) is 16.9 Å². The number of carboxylic acids is 1. The van der Waals surface area contributed by atoms with Crippen LogP contribution in [0.4, 0.5) is 11.4 Å². The van der Waals surface area contributed by atoms with E-state index < -0.39 is 5.97 Å². The molecule has 0 amide bonds. The Balaban J connectivity index is 1.93. The van der Waals surface area contributed by atoms with Gasteiger partial charge in [0.1, 0.15) is 0 Å². The van der Waals surface area contributed by atoms with Gasteiger partial charge in [-0.15, -0.1) is 0 Å². The van der Waals surface area contributed by atoms with Crippen LogP contribution in [-0.2, 0) is 0 Å². The number of aromatic carboxylic acids is 1. The number of rotatable bonds is 5. The molecule has 0 saturated heterocycles. The minimum absolute atomic E-state index is 0.236. The molecule has 110 valence electrons. The second-order valence-corrected chi connectivity index (χ2v) is 5.76. The van der Waals surface area contributed by atoms with Gasteiger partial charge in [0, 0.05) is 6.04 Å². The van der Waals surface area contributed by atoms with Gasteiger partial charge in [0.25, 0.3) is 0 Å². The van der Waals surface area contributed by atoms with E-state index in [1.165, 1.54) is 44.6 Å². The first-order chi connectivity index (χ1) is 9.60. The van der Waals surface area contributed by atoms with Crippen molar-refractivity contribution in [1.29, 1.82) is 0 Å². The fourth-order valence-corrected chi connectivity index (χ4v) is 3.05. The van der Waals surface area contributed by atoms with Gasteiger partial charge in [-0.25, -0.2) is 4.79 Å². The number of hydrogen-bond donors (Lipinski definition) is 3. The maximum atomic E-state index is 10.9. The number of carboxylic acid groups (broad SMARTS) is 1. The lowest BCUT2D eigenvalue weighted by Gasteiger charge is -2.30. The maximum absolute atomic E-state index is 10.9. The highest BCUT2D eigenvalue weighted by Gasteiger charge is 2.21. The smallest absolute Gasteiger partial charge is 0.335 e. The molecule has 0 spiro atoms. The summed E-state index contributed by atoms with van der Waals surface area (Å²) in [6.45, 7) is 2.25. The molecule has 0 aromatic heterocycles. The molecule has 1 saturated carbocycles. The standard InChI is InChI=1S/C16H24N2O2/c1-2-3-11-4-7-13(8-5-11)18-15-9-6-12(16(19)20)10-14(15)17/h6,9-11,13,18H,2-5,7-8,17H2,1H3,(H,19,20). The Kier molecular flexibility index (Phi) is 4.88. The van der Waals surface area contributed by atoms with E-state index in [4.69, 9.17) is 10.8 Å². The molecular weight excluding hydrogens is 252 g/mol. The molecule has 1 aliphatic carbocycles. The summed E-state index contributed by atoms with van der Waals surface area (Å²) in [4.78, 5) is 10.9. The van der Waals surface area contributed by atoms with Crippen LogP contribution in [0.2, 0.25) is 0 Å². The van der Waals surface area contributed by atoms with Crippen molar-refractivity contribution in [3.05, 3.63) is 23.8 Å². The number of benzene rings is 1. The topological polar surface area (TPSA) is 75.3 Å². The first-order valence-corrected chi connectivity index (χ1v) is 7.49. The predicted octanol–water partition coefficient (Wildman–Crippen LogP) is 3.74. The van der Waals surface area contributed by atoms with Gasteiger partial charge >= 0.3 is 5.97 Å². The summed E-state index contributed by atoms with van der Waals surface area (Å²) in [6, 6.07) is 5.36. The Labute approximate surface area is 120 Å². The monoisotopic (exact) mass is 276 g/mol. The normalized spacial score (nSPS) is 22.4. The highest BCUT2D eigenvalue weighted by molar-refractivity contribution is 5.90. The number of anilines is 2. The molecule has 0 unspecified atom stereocenters. The Morgan fingerprint density at radius 1 is 1.35 bits per heavy atom. The van der Waals surface area contributed by atoms with Gasteiger partial charge < -0.3 is 16.2 Å². The van der Waals surface area contributed by atoms with Crippen LogP contribution in [0.1, 0.15) is 55.8 Å². The van der Waals surface area contributed by atoms with Crippen molar-refractivity contribution >= 4 is 17.3 Å². The highest BCUT2D eigenvalue weighted by Crippen LogP contribution is 2.31. The summed E-state index contributed by atoms with van der Waals surface area (Å²) in [7, 11) is 0. The van der Waals surface area contributed by atoms with Crippen molar-refractivity contribution in [2.45, 2.75) is 51.5 Å². The lowest BCUT2D eigenvalue weighted by atomic mass is 9.83. The number of hydrogen-bond acceptors (Lipinski definition) is 3. The third-order valence-corrected chi connectivity index (χ3v) is 4.20. The molecule has 0 atom stereocenters. The van der Waals surface area contributed by atoms with Crippen LogP contribution in [0.5, 0.6) is 0 Å². The summed E-state index contributed by atoms with van der Waals surface area (Å²) in [5, 5.41) is 12.4. The van der Waals surface area contributed by atoms with Gasteiger partial charge in [-0.1, -0.05) is 19.8 Å². The van der Waals surface area contributed by atoms with Crippen molar-refractivity contribution in [1.82, 2.24) is 0 Å². The van der Waals surface area contributed by atoms with Crippen molar-refractivity contribution in [2.75, 3.05) is 11.1 Å². The van der Waals surface area contributed by atoms with E-state index in [0.29, 0.717) is 11.7 Å². The largest absolute Gasteiger partial charge is 0.478 e. The third-order valence-electron chi connectivity index (χ3n) is 4.20. The molecule has 4 N–H and O–H groups in total. The number of nitrogens with one attached hydrogen (secondary N) is 1. The molecule has 0 heterocycles. The average molecular weight is 276 g/mol. The second-order valence-electron chi connectivity index (χ2n) is 5.76. The molecule has 1 aromatic rings. The number of nitrogen functional groups attached to an aromatic ring is 1. The molecule has 1 aliphatic rings. The molecule has 4 heteroatoms. The average Bonchev–Trinajstić information content (AvgIpc) is 2.43. The highest BCUT2D eigenvalue weighted by atomic mass is 16.4. The Morgan fingerprint density at radius 3 is 2.60 bits per heavy atom. The molecule has 0 bridgehead atoms. The van der Waals surface area contributed by atoms with Crippen molar-refractivity contribution in [2.24, 2.45) is 5.92 Å². The first kappa shape index (κ1) is 14.7. The maximum Gasteiger partial charge on any atom is 0.335 e. The molecule has 0 aliphatic heterocycles. The van der Waals surface area contributed by atoms with Gasteiger partial charge in [0.2, 0.25) is 0 Å². The Hall–Kier alpha value is -1.71. The van der Waals surface area contributed by atoms with E-state index in [-0.39, 0.29) is 5.56 Å². The zero-order valence-electron chi connectivity index (χ0n) is 12.1. The third kappa shape index (κ3) is 3.65. The Morgan fingerprint density at radius 2 is 2.05 bits per heavy atom. The lowest BCUT2D eigenvalue weighted by molar-refractivity contribution is 0.0697. The van der Waals surface area contributed by atoms with Crippen LogP contribution in [0.15, 0.2) is 18.2 Å². The van der Waals surface area contributed by atoms with Crippen LogP contribution in [0, 0.1) is 5.92 Å². The number of carbonyl (C=O) groups is 1. The summed E-state index contributed by atoms with van der Waals surface area (Å²) < 4.78 is 0. The lowest BCUT2D eigenvalue weighted by Crippen LogP contribution is -2.26. The minimum atomic E-state index is -0.941. The Bertz CT molecular complexity index is 466. The molecule has 20 heavy (non-hydrogen) atoms. The van der Waals surface area contributed by atoms with E-state index >= 15 is 0 Å². The second kappa shape index (κ2) is 6.64. The summed E-state index contributed by atoms with van der Waals surface area (Å²) in [6.07, 6.45) is 7.50. The van der Waals surface area contributed by atoms with Crippen LogP contribution in [0.25, 0.3) is 0 Å². The summed E-state index contributed by atoms with van der Waals surface area (Å²) in [5.41, 5.74) is 7.53. The van der Waals surface area contributed by atoms with Gasteiger partial charge in [-0.3, -0.25) is 0 Å². The SMILES string of the molecule is CCCC1CCC(Nc2ccc(C(=O)O)cc2N)CC1. The molecular formula is C16H24N2O2. The zero-order chi connectivity index (χ0) is 14.5. The molecule has 1 fully saturated rings. The van der Waals surface area contributed by atoms with Gasteiger partial charge in [-0.05, 0) is 49.8 Å².